The summed E-state index contributed by atoms with van der Waals surface area (Å²) in [5, 5.41) is 3.31. The van der Waals surface area contributed by atoms with E-state index in [-0.39, 0.29) is 6.04 Å². The molecule has 1 saturated heterocycles. The van der Waals surface area contributed by atoms with E-state index in [1.54, 1.807) is 6.07 Å². The lowest BCUT2D eigenvalue weighted by molar-refractivity contribution is -0.137. The summed E-state index contributed by atoms with van der Waals surface area (Å²) in [6.45, 7) is 5.78. The number of hydrogen-bond acceptors (Lipinski definition) is 4. The molecular formula is C27H29F3N2O2. The smallest absolute Gasteiger partial charge is 0.416 e. The van der Waals surface area contributed by atoms with E-state index in [1.807, 2.05) is 55.5 Å². The van der Waals surface area contributed by atoms with Crippen molar-refractivity contribution in [3.05, 3.63) is 95.1 Å². The number of piperazine rings is 1. The first-order chi connectivity index (χ1) is 16.5. The van der Waals surface area contributed by atoms with Gasteiger partial charge in [-0.05, 0) is 47.9 Å². The number of benzene rings is 3. The Bertz CT molecular complexity index is 1070. The quantitative estimate of drug-likeness (QED) is 0.460. The highest BCUT2D eigenvalue weighted by Crippen LogP contribution is 2.38. The van der Waals surface area contributed by atoms with Gasteiger partial charge in [0.05, 0.1) is 18.2 Å². The van der Waals surface area contributed by atoms with Gasteiger partial charge in [-0.3, -0.25) is 4.90 Å². The van der Waals surface area contributed by atoms with Gasteiger partial charge in [0.15, 0.2) is 11.5 Å². The summed E-state index contributed by atoms with van der Waals surface area (Å²) in [6.07, 6.45) is -4.39. The summed E-state index contributed by atoms with van der Waals surface area (Å²) in [5.74, 6) is 1.19. The fraction of sp³-hybridized carbons (Fsp3) is 0.333. The predicted octanol–water partition coefficient (Wildman–Crippen LogP) is 5.68. The van der Waals surface area contributed by atoms with Crippen LogP contribution >= 0.6 is 0 Å². The first-order valence-electron chi connectivity index (χ1n) is 11.5. The Morgan fingerprint density at radius 3 is 2.29 bits per heavy atom. The molecule has 0 bridgehead atoms. The number of hydrogen-bond donors (Lipinski definition) is 1. The highest BCUT2D eigenvalue weighted by molar-refractivity contribution is 5.46. The van der Waals surface area contributed by atoms with Crippen molar-refractivity contribution in [1.29, 1.82) is 0 Å². The molecule has 1 aliphatic heterocycles. The molecule has 0 saturated carbocycles. The zero-order valence-electron chi connectivity index (χ0n) is 19.1. The van der Waals surface area contributed by atoms with Crippen LogP contribution in [0.2, 0.25) is 0 Å². The molecule has 4 rings (SSSR count). The Kier molecular flexibility index (Phi) is 7.75. The van der Waals surface area contributed by atoms with Crippen molar-refractivity contribution in [2.75, 3.05) is 32.8 Å². The Labute approximate surface area is 198 Å². The molecule has 3 aromatic rings. The van der Waals surface area contributed by atoms with Crippen LogP contribution in [-0.2, 0) is 12.8 Å². The van der Waals surface area contributed by atoms with E-state index in [9.17, 15) is 13.2 Å². The minimum Gasteiger partial charge on any atom is -0.490 e. The molecule has 1 aliphatic rings. The second kappa shape index (κ2) is 10.9. The molecule has 7 heteroatoms. The normalized spacial score (nSPS) is 15.6. The zero-order chi connectivity index (χ0) is 24.0. The molecule has 0 spiro atoms. The van der Waals surface area contributed by atoms with Gasteiger partial charge >= 0.3 is 6.18 Å². The van der Waals surface area contributed by atoms with Crippen molar-refractivity contribution in [2.24, 2.45) is 0 Å². The van der Waals surface area contributed by atoms with Gasteiger partial charge in [-0.1, -0.05) is 48.5 Å². The maximum absolute atomic E-state index is 13.5. The molecule has 4 nitrogen and oxygen atoms in total. The summed E-state index contributed by atoms with van der Waals surface area (Å²) in [4.78, 5) is 2.21. The Morgan fingerprint density at radius 1 is 0.853 bits per heavy atom. The lowest BCUT2D eigenvalue weighted by atomic mass is 9.94. The van der Waals surface area contributed by atoms with Gasteiger partial charge in [-0.15, -0.1) is 0 Å². The molecule has 1 unspecified atom stereocenters. The van der Waals surface area contributed by atoms with Gasteiger partial charge in [-0.2, -0.15) is 13.2 Å². The zero-order valence-corrected chi connectivity index (χ0v) is 19.1. The average molecular weight is 471 g/mol. The average Bonchev–Trinajstić information content (AvgIpc) is 2.85. The molecule has 1 N–H and O–H groups in total. The van der Waals surface area contributed by atoms with Crippen LogP contribution in [0.15, 0.2) is 72.8 Å². The van der Waals surface area contributed by atoms with Crippen LogP contribution < -0.4 is 14.8 Å². The predicted molar refractivity (Wildman–Crippen MR) is 126 cm³/mol. The van der Waals surface area contributed by atoms with Crippen molar-refractivity contribution in [2.45, 2.75) is 25.7 Å². The van der Waals surface area contributed by atoms with Crippen LogP contribution in [0.3, 0.4) is 0 Å². The monoisotopic (exact) mass is 470 g/mol. The first kappa shape index (κ1) is 24.1. The minimum atomic E-state index is -4.39. The van der Waals surface area contributed by atoms with Crippen molar-refractivity contribution >= 4 is 0 Å². The Balaban J connectivity index is 1.68. The molecule has 0 amide bonds. The largest absolute Gasteiger partial charge is 0.490 e. The standard InChI is InChI=1S/C27H29F3N2O2/c1-2-33-25-18-22(11-12-24(25)34-19-20-7-4-3-5-8-20)26(32-15-13-31-14-16-32)21-9-6-10-23(17-21)27(28,29)30/h3-12,17-18,26,31H,2,13-16,19H2,1H3. The van der Waals surface area contributed by atoms with Gasteiger partial charge in [0.25, 0.3) is 0 Å². The highest BCUT2D eigenvalue weighted by Gasteiger charge is 2.32. The molecule has 180 valence electrons. The number of ether oxygens (including phenoxy) is 2. The third-order valence-electron chi connectivity index (χ3n) is 5.87. The van der Waals surface area contributed by atoms with Gasteiger partial charge in [0.1, 0.15) is 6.61 Å². The summed E-state index contributed by atoms with van der Waals surface area (Å²) >= 11 is 0. The molecule has 0 radical (unpaired) electrons. The maximum Gasteiger partial charge on any atom is 0.416 e. The van der Waals surface area contributed by atoms with Crippen molar-refractivity contribution < 1.29 is 22.6 Å². The second-order valence-corrected chi connectivity index (χ2v) is 8.23. The molecule has 3 aromatic carbocycles. The topological polar surface area (TPSA) is 33.7 Å². The Morgan fingerprint density at radius 2 is 1.59 bits per heavy atom. The van der Waals surface area contributed by atoms with E-state index in [2.05, 4.69) is 10.2 Å². The molecule has 1 heterocycles. The fourth-order valence-electron chi connectivity index (χ4n) is 4.26. The van der Waals surface area contributed by atoms with Gasteiger partial charge in [-0.25, -0.2) is 0 Å². The van der Waals surface area contributed by atoms with E-state index in [4.69, 9.17) is 9.47 Å². The second-order valence-electron chi connectivity index (χ2n) is 8.23. The third kappa shape index (κ3) is 5.90. The highest BCUT2D eigenvalue weighted by atomic mass is 19.4. The van der Waals surface area contributed by atoms with Crippen LogP contribution in [-0.4, -0.2) is 37.7 Å². The van der Waals surface area contributed by atoms with Crippen molar-refractivity contribution in [3.63, 3.8) is 0 Å². The van der Waals surface area contributed by atoms with E-state index in [1.165, 1.54) is 12.1 Å². The number of nitrogens with one attached hydrogen (secondary N) is 1. The fourth-order valence-corrected chi connectivity index (χ4v) is 4.26. The van der Waals surface area contributed by atoms with Crippen molar-refractivity contribution in [3.8, 4) is 11.5 Å². The number of alkyl halides is 3. The van der Waals surface area contributed by atoms with Gasteiger partial charge in [0.2, 0.25) is 0 Å². The molecule has 0 aromatic heterocycles. The molecule has 34 heavy (non-hydrogen) atoms. The van der Waals surface area contributed by atoms with E-state index < -0.39 is 11.7 Å². The molecular weight excluding hydrogens is 441 g/mol. The van der Waals surface area contributed by atoms with Crippen LogP contribution in [0.4, 0.5) is 13.2 Å². The number of rotatable bonds is 8. The van der Waals surface area contributed by atoms with Crippen LogP contribution in [0.5, 0.6) is 11.5 Å². The third-order valence-corrected chi connectivity index (χ3v) is 5.87. The van der Waals surface area contributed by atoms with Crippen LogP contribution in [0.1, 0.15) is 35.2 Å². The maximum atomic E-state index is 13.5. The number of nitrogens with zero attached hydrogens (tertiary/aromatic N) is 1. The molecule has 1 atom stereocenters. The Hall–Kier alpha value is -3.03. The van der Waals surface area contributed by atoms with Crippen LogP contribution in [0.25, 0.3) is 0 Å². The number of halogens is 3. The van der Waals surface area contributed by atoms with E-state index in [0.717, 1.165) is 43.4 Å². The summed E-state index contributed by atoms with van der Waals surface area (Å²) in [5.41, 5.74) is 1.88. The first-order valence-corrected chi connectivity index (χ1v) is 11.5. The summed E-state index contributed by atoms with van der Waals surface area (Å²) < 4.78 is 52.3. The van der Waals surface area contributed by atoms with Crippen molar-refractivity contribution in [1.82, 2.24) is 10.2 Å². The molecule has 1 fully saturated rings. The van der Waals surface area contributed by atoms with E-state index >= 15 is 0 Å². The van der Waals surface area contributed by atoms with Gasteiger partial charge in [0, 0.05) is 26.2 Å². The summed E-state index contributed by atoms with van der Waals surface area (Å²) in [6, 6.07) is 20.8. The SMILES string of the molecule is CCOc1cc(C(c2cccc(C(F)(F)F)c2)N2CCNCC2)ccc1OCc1ccccc1. The lowest BCUT2D eigenvalue weighted by Gasteiger charge is -2.36. The van der Waals surface area contributed by atoms with Gasteiger partial charge < -0.3 is 14.8 Å². The lowest BCUT2D eigenvalue weighted by Crippen LogP contribution is -2.45. The molecule has 0 aliphatic carbocycles. The minimum absolute atomic E-state index is 0.327. The van der Waals surface area contributed by atoms with Crippen LogP contribution in [0, 0.1) is 0 Å². The van der Waals surface area contributed by atoms with E-state index in [0.29, 0.717) is 30.3 Å². The summed E-state index contributed by atoms with van der Waals surface area (Å²) in [7, 11) is 0.